The Hall–Kier alpha value is -1.37. The fraction of sp³-hybridized carbons (Fsp3) is 0.765. The third kappa shape index (κ3) is 3.36. The maximum Gasteiger partial charge on any atom is 0.271 e. The monoisotopic (exact) mass is 351 g/mol. The molecular formula is C17H25N3O3S. The van der Waals surface area contributed by atoms with E-state index in [1.54, 1.807) is 0 Å². The van der Waals surface area contributed by atoms with Crippen molar-refractivity contribution >= 4 is 15.7 Å². The van der Waals surface area contributed by atoms with Crippen molar-refractivity contribution in [1.29, 1.82) is 0 Å². The van der Waals surface area contributed by atoms with Crippen LogP contribution in [0.5, 0.6) is 0 Å². The minimum Gasteiger partial charge on any atom is -0.350 e. The molecule has 1 amide bonds. The van der Waals surface area contributed by atoms with Gasteiger partial charge in [-0.15, -0.1) is 0 Å². The number of aromatic nitrogens is 2. The fourth-order valence-corrected chi connectivity index (χ4v) is 5.70. The highest BCUT2D eigenvalue weighted by atomic mass is 32.2. The first-order valence-electron chi connectivity index (χ1n) is 9.10. The van der Waals surface area contributed by atoms with Gasteiger partial charge in [-0.1, -0.05) is 12.8 Å². The average molecular weight is 351 g/mol. The Labute approximate surface area is 142 Å². The van der Waals surface area contributed by atoms with Crippen molar-refractivity contribution in [3.8, 4) is 0 Å². The van der Waals surface area contributed by atoms with Gasteiger partial charge in [-0.3, -0.25) is 9.48 Å². The standard InChI is InChI=1S/C17H25N3O3S/c21-17(18-10-12-3-1-2-4-12)15-9-16(13-5-6-13)20(19-15)14-7-8-24(22,23)11-14/h9,12-14H,1-8,10-11H2,(H,18,21). The Kier molecular flexibility index (Phi) is 4.14. The van der Waals surface area contributed by atoms with E-state index < -0.39 is 9.84 Å². The van der Waals surface area contributed by atoms with Crippen LogP contribution >= 0.6 is 0 Å². The second-order valence-electron chi connectivity index (χ2n) is 7.59. The summed E-state index contributed by atoms with van der Waals surface area (Å²) in [5.74, 6) is 1.29. The van der Waals surface area contributed by atoms with E-state index in [-0.39, 0.29) is 23.5 Å². The van der Waals surface area contributed by atoms with Crippen LogP contribution < -0.4 is 5.32 Å². The van der Waals surface area contributed by atoms with E-state index in [9.17, 15) is 13.2 Å². The van der Waals surface area contributed by atoms with Crippen LogP contribution in [0, 0.1) is 5.92 Å². The molecule has 7 heteroatoms. The summed E-state index contributed by atoms with van der Waals surface area (Å²) in [6, 6.07) is 1.77. The van der Waals surface area contributed by atoms with Gasteiger partial charge < -0.3 is 5.32 Å². The highest BCUT2D eigenvalue weighted by Gasteiger charge is 2.36. The molecule has 6 nitrogen and oxygen atoms in total. The number of nitrogens with zero attached hydrogens (tertiary/aromatic N) is 2. The van der Waals surface area contributed by atoms with Crippen LogP contribution in [0.25, 0.3) is 0 Å². The number of hydrogen-bond acceptors (Lipinski definition) is 4. The number of carbonyl (C=O) groups is 1. The molecule has 1 N–H and O–H groups in total. The highest BCUT2D eigenvalue weighted by molar-refractivity contribution is 7.91. The quantitative estimate of drug-likeness (QED) is 0.880. The van der Waals surface area contributed by atoms with E-state index in [0.29, 0.717) is 24.0 Å². The Morgan fingerprint density at radius 1 is 1.21 bits per heavy atom. The second kappa shape index (κ2) is 6.17. The molecule has 1 atom stereocenters. The Bertz CT molecular complexity index is 730. The average Bonchev–Trinajstić information content (AvgIpc) is 2.98. The van der Waals surface area contributed by atoms with Crippen molar-refractivity contribution in [3.63, 3.8) is 0 Å². The van der Waals surface area contributed by atoms with Crippen LogP contribution in [0.3, 0.4) is 0 Å². The molecule has 0 spiro atoms. The summed E-state index contributed by atoms with van der Waals surface area (Å²) in [5, 5.41) is 7.52. The maximum atomic E-state index is 12.4. The van der Waals surface area contributed by atoms with Crippen molar-refractivity contribution in [2.45, 2.75) is 56.9 Å². The minimum atomic E-state index is -2.96. The fourth-order valence-electron chi connectivity index (χ4n) is 4.01. The van der Waals surface area contributed by atoms with Crippen LogP contribution in [0.15, 0.2) is 6.07 Å². The largest absolute Gasteiger partial charge is 0.350 e. The first-order chi connectivity index (χ1) is 11.5. The van der Waals surface area contributed by atoms with Gasteiger partial charge in [0.05, 0.1) is 17.5 Å². The van der Waals surface area contributed by atoms with E-state index in [0.717, 1.165) is 25.1 Å². The molecule has 1 saturated heterocycles. The van der Waals surface area contributed by atoms with E-state index in [1.165, 1.54) is 25.7 Å². The maximum absolute atomic E-state index is 12.4. The Morgan fingerprint density at radius 3 is 2.58 bits per heavy atom. The summed E-state index contributed by atoms with van der Waals surface area (Å²) in [7, 11) is -2.96. The number of rotatable bonds is 5. The van der Waals surface area contributed by atoms with Crippen LogP contribution in [0.4, 0.5) is 0 Å². The number of sulfone groups is 1. The van der Waals surface area contributed by atoms with Crippen molar-refractivity contribution in [2.24, 2.45) is 5.92 Å². The van der Waals surface area contributed by atoms with Crippen LogP contribution in [0.2, 0.25) is 0 Å². The summed E-state index contributed by atoms with van der Waals surface area (Å²) in [4.78, 5) is 12.4. The predicted molar refractivity (Wildman–Crippen MR) is 90.8 cm³/mol. The SMILES string of the molecule is O=C(NCC1CCCC1)c1cc(C2CC2)n(C2CCS(=O)(=O)C2)n1. The van der Waals surface area contributed by atoms with Crippen molar-refractivity contribution in [3.05, 3.63) is 17.5 Å². The van der Waals surface area contributed by atoms with E-state index in [2.05, 4.69) is 10.4 Å². The van der Waals surface area contributed by atoms with Gasteiger partial charge in [0.2, 0.25) is 0 Å². The van der Waals surface area contributed by atoms with Gasteiger partial charge in [-0.05, 0) is 44.1 Å². The van der Waals surface area contributed by atoms with Crippen LogP contribution in [-0.2, 0) is 9.84 Å². The van der Waals surface area contributed by atoms with Crippen molar-refractivity contribution in [1.82, 2.24) is 15.1 Å². The third-order valence-electron chi connectivity index (χ3n) is 5.57. The molecule has 1 aromatic rings. The summed E-state index contributed by atoms with van der Waals surface area (Å²) < 4.78 is 25.4. The predicted octanol–water partition coefficient (Wildman–Crippen LogP) is 2.04. The van der Waals surface area contributed by atoms with E-state index in [1.807, 2.05) is 10.7 Å². The third-order valence-corrected chi connectivity index (χ3v) is 7.32. The molecule has 0 aromatic carbocycles. The van der Waals surface area contributed by atoms with Gasteiger partial charge in [0, 0.05) is 18.2 Å². The molecular weight excluding hydrogens is 326 g/mol. The molecule has 2 saturated carbocycles. The van der Waals surface area contributed by atoms with Gasteiger partial charge in [0.15, 0.2) is 9.84 Å². The molecule has 4 rings (SSSR count). The lowest BCUT2D eigenvalue weighted by Crippen LogP contribution is -2.29. The lowest BCUT2D eigenvalue weighted by atomic mass is 10.1. The molecule has 24 heavy (non-hydrogen) atoms. The number of carbonyl (C=O) groups excluding carboxylic acids is 1. The molecule has 1 unspecified atom stereocenters. The van der Waals surface area contributed by atoms with Crippen molar-refractivity contribution in [2.75, 3.05) is 18.1 Å². The molecule has 3 aliphatic rings. The van der Waals surface area contributed by atoms with Gasteiger partial charge in [-0.25, -0.2) is 8.42 Å². The zero-order chi connectivity index (χ0) is 16.7. The minimum absolute atomic E-state index is 0.109. The van der Waals surface area contributed by atoms with Crippen LogP contribution in [-0.4, -0.2) is 42.2 Å². The van der Waals surface area contributed by atoms with Gasteiger partial charge >= 0.3 is 0 Å². The summed E-state index contributed by atoms with van der Waals surface area (Å²) in [6.07, 6.45) is 7.73. The first kappa shape index (κ1) is 16.1. The number of amides is 1. The topological polar surface area (TPSA) is 81.1 Å². The first-order valence-corrected chi connectivity index (χ1v) is 10.9. The summed E-state index contributed by atoms with van der Waals surface area (Å²) in [6.45, 7) is 0.724. The highest BCUT2D eigenvalue weighted by Crippen LogP contribution is 2.42. The Balaban J connectivity index is 1.49. The molecule has 2 aliphatic carbocycles. The molecule has 0 bridgehead atoms. The second-order valence-corrected chi connectivity index (χ2v) is 9.82. The smallest absolute Gasteiger partial charge is 0.271 e. The molecule has 0 radical (unpaired) electrons. The van der Waals surface area contributed by atoms with Crippen molar-refractivity contribution < 1.29 is 13.2 Å². The number of hydrogen-bond donors (Lipinski definition) is 1. The summed E-state index contributed by atoms with van der Waals surface area (Å²) >= 11 is 0. The normalized spacial score (nSPS) is 26.8. The lowest BCUT2D eigenvalue weighted by Gasteiger charge is -2.12. The van der Waals surface area contributed by atoms with E-state index >= 15 is 0 Å². The lowest BCUT2D eigenvalue weighted by molar-refractivity contribution is 0.0941. The number of nitrogens with one attached hydrogen (secondary N) is 1. The van der Waals surface area contributed by atoms with Crippen LogP contribution in [0.1, 0.15) is 73.1 Å². The zero-order valence-electron chi connectivity index (χ0n) is 13.9. The molecule has 2 heterocycles. The molecule has 1 aromatic heterocycles. The molecule has 3 fully saturated rings. The zero-order valence-corrected chi connectivity index (χ0v) is 14.7. The van der Waals surface area contributed by atoms with Gasteiger partial charge in [0.1, 0.15) is 5.69 Å². The molecule has 1 aliphatic heterocycles. The van der Waals surface area contributed by atoms with E-state index in [4.69, 9.17) is 0 Å². The summed E-state index contributed by atoms with van der Waals surface area (Å²) in [5.41, 5.74) is 1.49. The van der Waals surface area contributed by atoms with Gasteiger partial charge in [-0.2, -0.15) is 5.10 Å². The Morgan fingerprint density at radius 2 is 1.96 bits per heavy atom. The van der Waals surface area contributed by atoms with Gasteiger partial charge in [0.25, 0.3) is 5.91 Å². The molecule has 132 valence electrons.